The molecule has 82 valence electrons. The van der Waals surface area contributed by atoms with Crippen molar-refractivity contribution < 1.29 is 4.79 Å². The zero-order valence-corrected chi connectivity index (χ0v) is 9.79. The molecule has 0 unspecified atom stereocenters. The van der Waals surface area contributed by atoms with Gasteiger partial charge in [-0.15, -0.1) is 0 Å². The van der Waals surface area contributed by atoms with E-state index in [0.717, 1.165) is 18.7 Å². The van der Waals surface area contributed by atoms with Crippen LogP contribution in [0.15, 0.2) is 24.3 Å². The lowest BCUT2D eigenvalue weighted by molar-refractivity contribution is -0.116. The second-order valence-electron chi connectivity index (χ2n) is 3.72. The van der Waals surface area contributed by atoms with Gasteiger partial charge in [-0.05, 0) is 38.5 Å². The van der Waals surface area contributed by atoms with Gasteiger partial charge in [0.2, 0.25) is 0 Å². The van der Waals surface area contributed by atoms with Crippen LogP contribution in [0.1, 0.15) is 26.3 Å². The van der Waals surface area contributed by atoms with Crippen LogP contribution in [-0.4, -0.2) is 18.9 Å². The third-order valence-corrected chi connectivity index (χ3v) is 2.52. The van der Waals surface area contributed by atoms with Gasteiger partial charge in [0.15, 0.2) is 0 Å². The number of ketones is 1. The normalized spacial score (nSPS) is 10.1. The molecule has 0 aromatic heterocycles. The van der Waals surface area contributed by atoms with E-state index in [9.17, 15) is 4.79 Å². The van der Waals surface area contributed by atoms with E-state index in [1.165, 1.54) is 5.69 Å². The Bertz CT molecular complexity index is 312. The highest BCUT2D eigenvalue weighted by Gasteiger charge is 2.02. The van der Waals surface area contributed by atoms with Crippen molar-refractivity contribution in [1.82, 2.24) is 0 Å². The van der Waals surface area contributed by atoms with Gasteiger partial charge in [0.25, 0.3) is 0 Å². The molecule has 0 amide bonds. The van der Waals surface area contributed by atoms with Crippen LogP contribution in [0.2, 0.25) is 0 Å². The lowest BCUT2D eigenvalue weighted by Gasteiger charge is -2.21. The molecule has 0 radical (unpaired) electrons. The smallest absolute Gasteiger partial charge is 0.134 e. The Balaban J connectivity index is 2.75. The number of anilines is 1. The number of hydrogen-bond acceptors (Lipinski definition) is 2. The van der Waals surface area contributed by atoms with Crippen LogP contribution < -0.4 is 4.90 Å². The van der Waals surface area contributed by atoms with Crippen LogP contribution in [0, 0.1) is 0 Å². The highest BCUT2D eigenvalue weighted by atomic mass is 16.1. The van der Waals surface area contributed by atoms with Crippen LogP contribution >= 0.6 is 0 Å². The Kier molecular flexibility index (Phi) is 4.35. The summed E-state index contributed by atoms with van der Waals surface area (Å²) in [6.45, 7) is 7.95. The Hall–Kier alpha value is -1.31. The summed E-state index contributed by atoms with van der Waals surface area (Å²) in [6.07, 6.45) is 0.540. The van der Waals surface area contributed by atoms with E-state index in [2.05, 4.69) is 30.9 Å². The van der Waals surface area contributed by atoms with Gasteiger partial charge in [0.05, 0.1) is 0 Å². The first-order valence-corrected chi connectivity index (χ1v) is 5.50. The monoisotopic (exact) mass is 205 g/mol. The van der Waals surface area contributed by atoms with Crippen molar-refractivity contribution in [3.05, 3.63) is 29.8 Å². The molecule has 1 aromatic carbocycles. The summed E-state index contributed by atoms with van der Waals surface area (Å²) in [4.78, 5) is 13.2. The van der Waals surface area contributed by atoms with Crippen molar-refractivity contribution in [2.75, 3.05) is 18.0 Å². The fraction of sp³-hybridized carbons (Fsp3) is 0.462. The van der Waals surface area contributed by atoms with E-state index in [4.69, 9.17) is 0 Å². The summed E-state index contributed by atoms with van der Waals surface area (Å²) < 4.78 is 0. The number of hydrogen-bond donors (Lipinski definition) is 0. The molecule has 2 heteroatoms. The number of rotatable bonds is 5. The van der Waals surface area contributed by atoms with E-state index in [1.807, 2.05) is 12.1 Å². The van der Waals surface area contributed by atoms with Gasteiger partial charge in [-0.25, -0.2) is 0 Å². The molecule has 0 atom stereocenters. The zero-order valence-electron chi connectivity index (χ0n) is 9.79. The highest BCUT2D eigenvalue weighted by molar-refractivity contribution is 5.78. The fourth-order valence-electron chi connectivity index (χ4n) is 1.70. The maximum atomic E-state index is 10.9. The molecule has 0 saturated carbocycles. The first-order valence-electron chi connectivity index (χ1n) is 5.50. The van der Waals surface area contributed by atoms with Gasteiger partial charge in [-0.1, -0.05) is 12.1 Å². The van der Waals surface area contributed by atoms with Crippen LogP contribution in [0.25, 0.3) is 0 Å². The number of nitrogens with zero attached hydrogens (tertiary/aromatic N) is 1. The second kappa shape index (κ2) is 5.54. The lowest BCUT2D eigenvalue weighted by atomic mass is 10.1. The summed E-state index contributed by atoms with van der Waals surface area (Å²) in [6, 6.07) is 8.25. The summed E-state index contributed by atoms with van der Waals surface area (Å²) in [5.74, 6) is 0.214. The highest BCUT2D eigenvalue weighted by Crippen LogP contribution is 2.15. The van der Waals surface area contributed by atoms with Crippen molar-refractivity contribution in [3.63, 3.8) is 0 Å². The molecule has 0 fully saturated rings. The standard InChI is InChI=1S/C13H19NO/c1-4-14(5-2)13-8-6-12(7-9-13)10-11(3)15/h6-9H,4-5,10H2,1-3H3. The molecule has 0 spiro atoms. The number of benzene rings is 1. The van der Waals surface area contributed by atoms with Gasteiger partial charge < -0.3 is 4.90 Å². The molecule has 0 N–H and O–H groups in total. The van der Waals surface area contributed by atoms with Crippen LogP contribution in [0.3, 0.4) is 0 Å². The third-order valence-electron chi connectivity index (χ3n) is 2.52. The quantitative estimate of drug-likeness (QED) is 0.736. The van der Waals surface area contributed by atoms with Crippen LogP contribution in [0.5, 0.6) is 0 Å². The molecule has 0 aliphatic carbocycles. The Morgan fingerprint density at radius 1 is 1.13 bits per heavy atom. The van der Waals surface area contributed by atoms with Crippen molar-refractivity contribution in [2.24, 2.45) is 0 Å². The maximum Gasteiger partial charge on any atom is 0.134 e. The van der Waals surface area contributed by atoms with E-state index in [1.54, 1.807) is 6.92 Å². The molecule has 0 aliphatic rings. The Morgan fingerprint density at radius 3 is 2.07 bits per heavy atom. The first kappa shape index (κ1) is 11.8. The summed E-state index contributed by atoms with van der Waals surface area (Å²) in [7, 11) is 0. The predicted molar refractivity (Wildman–Crippen MR) is 64.4 cm³/mol. The molecule has 0 bridgehead atoms. The molecule has 1 rings (SSSR count). The number of carbonyl (C=O) groups is 1. The third kappa shape index (κ3) is 3.39. The largest absolute Gasteiger partial charge is 0.372 e. The molecule has 2 nitrogen and oxygen atoms in total. The SMILES string of the molecule is CCN(CC)c1ccc(CC(C)=O)cc1. The van der Waals surface area contributed by atoms with Crippen molar-refractivity contribution in [1.29, 1.82) is 0 Å². The van der Waals surface area contributed by atoms with Gasteiger partial charge in [-0.3, -0.25) is 4.79 Å². The van der Waals surface area contributed by atoms with Crippen LogP contribution in [0.4, 0.5) is 5.69 Å². The van der Waals surface area contributed by atoms with Crippen molar-refractivity contribution >= 4 is 11.5 Å². The molecular weight excluding hydrogens is 186 g/mol. The average Bonchev–Trinajstić information content (AvgIpc) is 2.21. The second-order valence-corrected chi connectivity index (χ2v) is 3.72. The van der Waals surface area contributed by atoms with Crippen molar-refractivity contribution in [3.8, 4) is 0 Å². The molecule has 0 saturated heterocycles. The lowest BCUT2D eigenvalue weighted by Crippen LogP contribution is -2.21. The number of carbonyl (C=O) groups excluding carboxylic acids is 1. The fourth-order valence-corrected chi connectivity index (χ4v) is 1.70. The van der Waals surface area contributed by atoms with Gasteiger partial charge in [-0.2, -0.15) is 0 Å². The van der Waals surface area contributed by atoms with Gasteiger partial charge in [0, 0.05) is 25.2 Å². The average molecular weight is 205 g/mol. The van der Waals surface area contributed by atoms with Crippen molar-refractivity contribution in [2.45, 2.75) is 27.2 Å². The minimum Gasteiger partial charge on any atom is -0.372 e. The minimum absolute atomic E-state index is 0.214. The predicted octanol–water partition coefficient (Wildman–Crippen LogP) is 2.66. The summed E-state index contributed by atoms with van der Waals surface area (Å²) in [5, 5.41) is 0. The Labute approximate surface area is 91.9 Å². The topological polar surface area (TPSA) is 20.3 Å². The molecular formula is C13H19NO. The summed E-state index contributed by atoms with van der Waals surface area (Å²) >= 11 is 0. The zero-order chi connectivity index (χ0) is 11.3. The number of Topliss-reactive ketones (excluding diaryl/α,β-unsaturated/α-hetero) is 1. The summed E-state index contributed by atoms with van der Waals surface area (Å²) in [5.41, 5.74) is 2.32. The maximum absolute atomic E-state index is 10.9. The van der Waals surface area contributed by atoms with E-state index < -0.39 is 0 Å². The van der Waals surface area contributed by atoms with E-state index >= 15 is 0 Å². The minimum atomic E-state index is 0.214. The van der Waals surface area contributed by atoms with Crippen LogP contribution in [-0.2, 0) is 11.2 Å². The molecule has 0 aliphatic heterocycles. The molecule has 15 heavy (non-hydrogen) atoms. The Morgan fingerprint density at radius 2 is 1.67 bits per heavy atom. The van der Waals surface area contributed by atoms with E-state index in [-0.39, 0.29) is 5.78 Å². The van der Waals surface area contributed by atoms with Gasteiger partial charge in [0.1, 0.15) is 5.78 Å². The van der Waals surface area contributed by atoms with E-state index in [0.29, 0.717) is 6.42 Å². The molecule has 1 aromatic rings. The van der Waals surface area contributed by atoms with Gasteiger partial charge >= 0.3 is 0 Å². The molecule has 0 heterocycles. The first-order chi connectivity index (χ1) is 7.17.